The van der Waals surface area contributed by atoms with Crippen LogP contribution in [0.3, 0.4) is 0 Å². The van der Waals surface area contributed by atoms with Crippen LogP contribution in [0.2, 0.25) is 0 Å². The molecular weight excluding hydrogens is 292 g/mol. The molecule has 0 unspecified atom stereocenters. The molecule has 3 N–H and O–H groups in total. The summed E-state index contributed by atoms with van der Waals surface area (Å²) in [7, 11) is 0. The number of rotatable bonds is 16. The molecule has 0 bridgehead atoms. The SMILES string of the molecule is CCCCCCC=CCCCCCCCC(=O)C(O)(CO)CO. The van der Waals surface area contributed by atoms with Crippen LogP contribution in [0.25, 0.3) is 0 Å². The van der Waals surface area contributed by atoms with Gasteiger partial charge in [-0.05, 0) is 32.1 Å². The van der Waals surface area contributed by atoms with Crippen molar-refractivity contribution in [2.45, 2.75) is 89.6 Å². The van der Waals surface area contributed by atoms with Gasteiger partial charge in [0.15, 0.2) is 11.4 Å². The molecule has 0 rings (SSSR count). The highest BCUT2D eigenvalue weighted by atomic mass is 16.4. The van der Waals surface area contributed by atoms with Gasteiger partial charge < -0.3 is 15.3 Å². The van der Waals surface area contributed by atoms with Crippen molar-refractivity contribution in [3.63, 3.8) is 0 Å². The summed E-state index contributed by atoms with van der Waals surface area (Å²) in [6.07, 6.45) is 17.4. The first-order valence-corrected chi connectivity index (χ1v) is 9.23. The maximum Gasteiger partial charge on any atom is 0.169 e. The molecule has 0 saturated carbocycles. The zero-order chi connectivity index (χ0) is 17.4. The van der Waals surface area contributed by atoms with Gasteiger partial charge in [-0.1, -0.05) is 57.6 Å². The summed E-state index contributed by atoms with van der Waals surface area (Å²) in [6.45, 7) is 0.797. The fraction of sp³-hybridized carbons (Fsp3) is 0.842. The summed E-state index contributed by atoms with van der Waals surface area (Å²) in [6, 6.07) is 0. The zero-order valence-electron chi connectivity index (χ0n) is 14.8. The second kappa shape index (κ2) is 14.9. The van der Waals surface area contributed by atoms with Gasteiger partial charge in [-0.2, -0.15) is 0 Å². The van der Waals surface area contributed by atoms with Gasteiger partial charge in [0.1, 0.15) is 0 Å². The van der Waals surface area contributed by atoms with Crippen molar-refractivity contribution in [3.8, 4) is 0 Å². The second-order valence-electron chi connectivity index (χ2n) is 6.40. The maximum absolute atomic E-state index is 11.6. The van der Waals surface area contributed by atoms with Gasteiger partial charge in [-0.3, -0.25) is 4.79 Å². The smallest absolute Gasteiger partial charge is 0.169 e. The van der Waals surface area contributed by atoms with Crippen LogP contribution < -0.4 is 0 Å². The van der Waals surface area contributed by atoms with Gasteiger partial charge in [0.2, 0.25) is 0 Å². The molecule has 0 radical (unpaired) electrons. The van der Waals surface area contributed by atoms with Crippen molar-refractivity contribution in [2.24, 2.45) is 0 Å². The van der Waals surface area contributed by atoms with E-state index in [4.69, 9.17) is 10.2 Å². The van der Waals surface area contributed by atoms with Gasteiger partial charge >= 0.3 is 0 Å². The summed E-state index contributed by atoms with van der Waals surface area (Å²) < 4.78 is 0. The van der Waals surface area contributed by atoms with Gasteiger partial charge in [0.05, 0.1) is 13.2 Å². The van der Waals surface area contributed by atoms with Crippen molar-refractivity contribution in [3.05, 3.63) is 12.2 Å². The van der Waals surface area contributed by atoms with Gasteiger partial charge in [-0.15, -0.1) is 0 Å². The molecule has 23 heavy (non-hydrogen) atoms. The lowest BCUT2D eigenvalue weighted by Gasteiger charge is -2.21. The predicted molar refractivity (Wildman–Crippen MR) is 94.3 cm³/mol. The minimum absolute atomic E-state index is 0.218. The molecule has 0 spiro atoms. The first kappa shape index (κ1) is 22.3. The minimum atomic E-state index is -1.96. The van der Waals surface area contributed by atoms with E-state index in [0.29, 0.717) is 6.42 Å². The van der Waals surface area contributed by atoms with Crippen molar-refractivity contribution in [2.75, 3.05) is 13.2 Å². The minimum Gasteiger partial charge on any atom is -0.393 e. The van der Waals surface area contributed by atoms with Crippen LogP contribution in [0.1, 0.15) is 84.0 Å². The number of aliphatic hydroxyl groups is 3. The topological polar surface area (TPSA) is 77.8 Å². The van der Waals surface area contributed by atoms with E-state index in [0.717, 1.165) is 25.7 Å². The standard InChI is InChI=1S/C19H36O4/c1-2-3-4-5-6-7-8-9-10-11-12-13-14-15-18(22)19(23,16-20)17-21/h7-8,20-21,23H,2-6,9-17H2,1H3. The quantitative estimate of drug-likeness (QED) is 0.299. The largest absolute Gasteiger partial charge is 0.393 e. The molecule has 0 atom stereocenters. The first-order chi connectivity index (χ1) is 11.1. The molecule has 136 valence electrons. The molecule has 0 saturated heterocycles. The highest BCUT2D eigenvalue weighted by Gasteiger charge is 2.33. The third-order valence-corrected chi connectivity index (χ3v) is 4.21. The monoisotopic (exact) mass is 328 g/mol. The van der Waals surface area contributed by atoms with Crippen molar-refractivity contribution in [1.29, 1.82) is 0 Å². The van der Waals surface area contributed by atoms with Crippen molar-refractivity contribution >= 4 is 5.78 Å². The average Bonchev–Trinajstić information content (AvgIpc) is 2.58. The molecule has 0 aromatic heterocycles. The Bertz CT molecular complexity index is 308. The summed E-state index contributed by atoms with van der Waals surface area (Å²) in [5, 5.41) is 27.5. The van der Waals surface area contributed by atoms with E-state index < -0.39 is 24.6 Å². The number of carbonyl (C=O) groups excluding carboxylic acids is 1. The number of unbranched alkanes of at least 4 members (excludes halogenated alkanes) is 9. The van der Waals surface area contributed by atoms with E-state index in [1.807, 2.05) is 0 Å². The van der Waals surface area contributed by atoms with E-state index in [9.17, 15) is 9.90 Å². The molecule has 0 aliphatic heterocycles. The van der Waals surface area contributed by atoms with Gasteiger partial charge in [0.25, 0.3) is 0 Å². The van der Waals surface area contributed by atoms with Gasteiger partial charge in [-0.25, -0.2) is 0 Å². The third kappa shape index (κ3) is 11.5. The molecule has 0 fully saturated rings. The van der Waals surface area contributed by atoms with E-state index in [-0.39, 0.29) is 6.42 Å². The van der Waals surface area contributed by atoms with E-state index >= 15 is 0 Å². The van der Waals surface area contributed by atoms with E-state index in [2.05, 4.69) is 19.1 Å². The number of allylic oxidation sites excluding steroid dienone is 2. The molecule has 0 heterocycles. The summed E-state index contributed by atoms with van der Waals surface area (Å²) in [5.41, 5.74) is -1.96. The second-order valence-corrected chi connectivity index (χ2v) is 6.40. The van der Waals surface area contributed by atoms with E-state index in [1.54, 1.807) is 0 Å². The van der Waals surface area contributed by atoms with Crippen LogP contribution in [-0.4, -0.2) is 39.9 Å². The summed E-state index contributed by atoms with van der Waals surface area (Å²) >= 11 is 0. The molecule has 0 aromatic carbocycles. The zero-order valence-corrected chi connectivity index (χ0v) is 14.8. The Morgan fingerprint density at radius 1 is 0.826 bits per heavy atom. The van der Waals surface area contributed by atoms with Crippen LogP contribution in [0.5, 0.6) is 0 Å². The van der Waals surface area contributed by atoms with Crippen LogP contribution in [0.15, 0.2) is 12.2 Å². The Kier molecular flexibility index (Phi) is 14.4. The first-order valence-electron chi connectivity index (χ1n) is 9.23. The van der Waals surface area contributed by atoms with Crippen LogP contribution in [0.4, 0.5) is 0 Å². The number of ketones is 1. The molecule has 0 aliphatic carbocycles. The Morgan fingerprint density at radius 2 is 1.30 bits per heavy atom. The molecular formula is C19H36O4. The number of aliphatic hydroxyl groups excluding tert-OH is 2. The third-order valence-electron chi connectivity index (χ3n) is 4.21. The number of hydrogen-bond acceptors (Lipinski definition) is 4. The van der Waals surface area contributed by atoms with Crippen LogP contribution >= 0.6 is 0 Å². The Labute approximate surface area is 141 Å². The fourth-order valence-corrected chi connectivity index (χ4v) is 2.46. The van der Waals surface area contributed by atoms with Crippen molar-refractivity contribution < 1.29 is 20.1 Å². The maximum atomic E-state index is 11.6. The van der Waals surface area contributed by atoms with Gasteiger partial charge in [0, 0.05) is 6.42 Å². The van der Waals surface area contributed by atoms with Crippen LogP contribution in [0, 0.1) is 0 Å². The summed E-state index contributed by atoms with van der Waals surface area (Å²) in [5.74, 6) is -0.464. The molecule has 0 amide bonds. The number of Topliss-reactive ketones (excluding diaryl/α,β-unsaturated/α-hetero) is 1. The number of hydrogen-bond donors (Lipinski definition) is 3. The van der Waals surface area contributed by atoms with Crippen molar-refractivity contribution in [1.82, 2.24) is 0 Å². The Balaban J connectivity index is 3.43. The Morgan fingerprint density at radius 3 is 1.83 bits per heavy atom. The van der Waals surface area contributed by atoms with Crippen LogP contribution in [-0.2, 0) is 4.79 Å². The highest BCUT2D eigenvalue weighted by molar-refractivity contribution is 5.87. The molecule has 4 nitrogen and oxygen atoms in total. The summed E-state index contributed by atoms with van der Waals surface area (Å²) in [4.78, 5) is 11.6. The fourth-order valence-electron chi connectivity index (χ4n) is 2.46. The number of carbonyl (C=O) groups is 1. The highest BCUT2D eigenvalue weighted by Crippen LogP contribution is 2.13. The lowest BCUT2D eigenvalue weighted by atomic mass is 9.95. The Hall–Kier alpha value is -0.710. The van der Waals surface area contributed by atoms with E-state index in [1.165, 1.54) is 38.5 Å². The molecule has 0 aromatic rings. The lowest BCUT2D eigenvalue weighted by Crippen LogP contribution is -2.45. The molecule has 0 aliphatic rings. The average molecular weight is 328 g/mol. The lowest BCUT2D eigenvalue weighted by molar-refractivity contribution is -0.146. The molecule has 4 heteroatoms. The normalized spacial score (nSPS) is 12.2. The predicted octanol–water partition coefficient (Wildman–Crippen LogP) is 3.53.